The monoisotopic (exact) mass is 444 g/mol. The van der Waals surface area contributed by atoms with E-state index in [1.165, 1.54) is 4.68 Å². The van der Waals surface area contributed by atoms with E-state index >= 15 is 0 Å². The minimum Gasteiger partial charge on any atom is -0.493 e. The zero-order valence-electron chi connectivity index (χ0n) is 18.4. The highest BCUT2D eigenvalue weighted by Crippen LogP contribution is 2.27. The standard InChI is InChI=1S/C25H24N4O4/c1-32-22-12-9-17(15-23(22)33-2)13-14-26-24(30)19-10-7-18(8-11-19)16-29-25(31)20-5-3-4-6-21(20)27-28-29/h3-12,15H,13-14,16H2,1-2H3,(H,26,30). The number of aromatic nitrogens is 3. The third-order valence-corrected chi connectivity index (χ3v) is 5.32. The van der Waals surface area contributed by atoms with Gasteiger partial charge < -0.3 is 14.8 Å². The first kappa shape index (κ1) is 22.0. The van der Waals surface area contributed by atoms with Crippen LogP contribution in [0.4, 0.5) is 0 Å². The maximum Gasteiger partial charge on any atom is 0.277 e. The summed E-state index contributed by atoms with van der Waals surface area (Å²) in [5, 5.41) is 11.6. The van der Waals surface area contributed by atoms with E-state index in [4.69, 9.17) is 9.47 Å². The lowest BCUT2D eigenvalue weighted by molar-refractivity contribution is 0.0954. The molecule has 0 saturated heterocycles. The Morgan fingerprint density at radius 3 is 2.42 bits per heavy atom. The van der Waals surface area contributed by atoms with Crippen LogP contribution in [-0.4, -0.2) is 41.7 Å². The third kappa shape index (κ3) is 5.01. The van der Waals surface area contributed by atoms with Crippen LogP contribution in [0.1, 0.15) is 21.5 Å². The summed E-state index contributed by atoms with van der Waals surface area (Å²) in [6, 6.07) is 19.9. The van der Waals surface area contributed by atoms with Crippen molar-refractivity contribution in [3.8, 4) is 11.5 Å². The predicted molar refractivity (Wildman–Crippen MR) is 125 cm³/mol. The van der Waals surface area contributed by atoms with Crippen LogP contribution >= 0.6 is 0 Å². The number of ether oxygens (including phenoxy) is 2. The molecule has 1 aromatic heterocycles. The largest absolute Gasteiger partial charge is 0.493 e. The Balaban J connectivity index is 1.36. The fourth-order valence-electron chi connectivity index (χ4n) is 3.52. The summed E-state index contributed by atoms with van der Waals surface area (Å²) in [4.78, 5) is 25.1. The van der Waals surface area contributed by atoms with Crippen LogP contribution in [0.15, 0.2) is 71.5 Å². The SMILES string of the molecule is COc1ccc(CCNC(=O)c2ccc(Cn3nnc4ccccc4c3=O)cc2)cc1OC. The topological polar surface area (TPSA) is 95.3 Å². The first-order valence-corrected chi connectivity index (χ1v) is 10.5. The number of hydrogen-bond acceptors (Lipinski definition) is 6. The van der Waals surface area contributed by atoms with Gasteiger partial charge in [-0.1, -0.05) is 35.5 Å². The minimum absolute atomic E-state index is 0.162. The molecule has 0 saturated carbocycles. The molecule has 0 aliphatic rings. The lowest BCUT2D eigenvalue weighted by Gasteiger charge is -2.10. The maximum atomic E-state index is 12.6. The molecule has 0 bridgehead atoms. The van der Waals surface area contributed by atoms with Crippen LogP contribution in [-0.2, 0) is 13.0 Å². The summed E-state index contributed by atoms with van der Waals surface area (Å²) in [5.41, 5.74) is 2.80. The molecule has 168 valence electrons. The second-order valence-corrected chi connectivity index (χ2v) is 7.46. The zero-order chi connectivity index (χ0) is 23.2. The number of rotatable bonds is 8. The second kappa shape index (κ2) is 9.95. The van der Waals surface area contributed by atoms with Gasteiger partial charge in [0.2, 0.25) is 0 Å². The van der Waals surface area contributed by atoms with Crippen LogP contribution in [0.5, 0.6) is 11.5 Å². The number of benzene rings is 3. The molecule has 0 radical (unpaired) electrons. The molecule has 8 heteroatoms. The highest BCUT2D eigenvalue weighted by atomic mass is 16.5. The normalized spacial score (nSPS) is 10.7. The fourth-order valence-corrected chi connectivity index (χ4v) is 3.52. The Kier molecular flexibility index (Phi) is 6.64. The molecule has 4 aromatic rings. The predicted octanol–water partition coefficient (Wildman–Crippen LogP) is 2.83. The van der Waals surface area contributed by atoms with Crippen LogP contribution in [0.25, 0.3) is 10.9 Å². The molecular weight excluding hydrogens is 420 g/mol. The van der Waals surface area contributed by atoms with Crippen molar-refractivity contribution in [3.63, 3.8) is 0 Å². The lowest BCUT2D eigenvalue weighted by Crippen LogP contribution is -2.26. The summed E-state index contributed by atoms with van der Waals surface area (Å²) in [5.74, 6) is 1.17. The van der Waals surface area contributed by atoms with Crippen molar-refractivity contribution >= 4 is 16.8 Å². The highest BCUT2D eigenvalue weighted by Gasteiger charge is 2.09. The Bertz CT molecular complexity index is 1330. The van der Waals surface area contributed by atoms with Crippen molar-refractivity contribution in [1.29, 1.82) is 0 Å². The van der Waals surface area contributed by atoms with Crippen molar-refractivity contribution in [3.05, 3.63) is 93.8 Å². The Labute approximate surface area is 190 Å². The molecule has 0 atom stereocenters. The molecule has 1 amide bonds. The lowest BCUT2D eigenvalue weighted by atomic mass is 10.1. The molecule has 33 heavy (non-hydrogen) atoms. The van der Waals surface area contributed by atoms with Gasteiger partial charge in [-0.15, -0.1) is 5.10 Å². The van der Waals surface area contributed by atoms with E-state index in [0.717, 1.165) is 11.1 Å². The fraction of sp³-hybridized carbons (Fsp3) is 0.200. The van der Waals surface area contributed by atoms with E-state index in [2.05, 4.69) is 15.6 Å². The average Bonchev–Trinajstić information content (AvgIpc) is 2.86. The quantitative estimate of drug-likeness (QED) is 0.449. The number of hydrogen-bond donors (Lipinski definition) is 1. The third-order valence-electron chi connectivity index (χ3n) is 5.32. The molecule has 0 unspecified atom stereocenters. The Hall–Kier alpha value is -4.20. The van der Waals surface area contributed by atoms with Gasteiger partial charge in [-0.2, -0.15) is 0 Å². The number of amides is 1. The summed E-state index contributed by atoms with van der Waals surface area (Å²) >= 11 is 0. The van der Waals surface area contributed by atoms with Crippen LogP contribution in [0, 0.1) is 0 Å². The summed E-state index contributed by atoms with van der Waals surface area (Å²) < 4.78 is 11.9. The first-order valence-electron chi connectivity index (χ1n) is 10.5. The van der Waals surface area contributed by atoms with Crippen molar-refractivity contribution in [1.82, 2.24) is 20.3 Å². The Morgan fingerprint density at radius 2 is 1.67 bits per heavy atom. The molecule has 3 aromatic carbocycles. The molecule has 4 rings (SSSR count). The summed E-state index contributed by atoms with van der Waals surface area (Å²) in [7, 11) is 3.19. The van der Waals surface area contributed by atoms with Gasteiger partial charge in [0.1, 0.15) is 5.52 Å². The van der Waals surface area contributed by atoms with Gasteiger partial charge >= 0.3 is 0 Å². The van der Waals surface area contributed by atoms with Crippen LogP contribution in [0.2, 0.25) is 0 Å². The van der Waals surface area contributed by atoms with E-state index in [-0.39, 0.29) is 18.0 Å². The van der Waals surface area contributed by atoms with Crippen LogP contribution in [0.3, 0.4) is 0 Å². The number of methoxy groups -OCH3 is 2. The van der Waals surface area contributed by atoms with E-state index in [1.54, 1.807) is 44.6 Å². The van der Waals surface area contributed by atoms with Crippen molar-refractivity contribution in [2.75, 3.05) is 20.8 Å². The van der Waals surface area contributed by atoms with E-state index in [1.807, 2.05) is 36.4 Å². The maximum absolute atomic E-state index is 12.6. The van der Waals surface area contributed by atoms with Gasteiger partial charge in [-0.3, -0.25) is 9.59 Å². The van der Waals surface area contributed by atoms with Gasteiger partial charge in [0.25, 0.3) is 11.5 Å². The van der Waals surface area contributed by atoms with Crippen molar-refractivity contribution in [2.45, 2.75) is 13.0 Å². The van der Waals surface area contributed by atoms with Crippen molar-refractivity contribution < 1.29 is 14.3 Å². The smallest absolute Gasteiger partial charge is 0.277 e. The molecule has 1 heterocycles. The Morgan fingerprint density at radius 1 is 0.939 bits per heavy atom. The molecule has 8 nitrogen and oxygen atoms in total. The molecular formula is C25H24N4O4. The van der Waals surface area contributed by atoms with Crippen LogP contribution < -0.4 is 20.3 Å². The van der Waals surface area contributed by atoms with Gasteiger partial charge in [0, 0.05) is 12.1 Å². The van der Waals surface area contributed by atoms with Gasteiger partial charge in [-0.05, 0) is 53.9 Å². The van der Waals surface area contributed by atoms with Gasteiger partial charge in [-0.25, -0.2) is 4.68 Å². The van der Waals surface area contributed by atoms with Gasteiger partial charge in [0.15, 0.2) is 11.5 Å². The number of carbonyl (C=O) groups excluding carboxylic acids is 1. The minimum atomic E-state index is -0.197. The van der Waals surface area contributed by atoms with Gasteiger partial charge in [0.05, 0.1) is 26.2 Å². The molecule has 1 N–H and O–H groups in total. The number of carbonyl (C=O) groups is 1. The first-order chi connectivity index (χ1) is 16.1. The summed E-state index contributed by atoms with van der Waals surface area (Å²) in [6.07, 6.45) is 0.660. The highest BCUT2D eigenvalue weighted by molar-refractivity contribution is 5.94. The summed E-state index contributed by atoms with van der Waals surface area (Å²) in [6.45, 7) is 0.760. The van der Waals surface area contributed by atoms with Crippen molar-refractivity contribution in [2.24, 2.45) is 0 Å². The molecule has 0 fully saturated rings. The number of nitrogens with one attached hydrogen (secondary N) is 1. The van der Waals surface area contributed by atoms with E-state index in [9.17, 15) is 9.59 Å². The zero-order valence-corrected chi connectivity index (χ0v) is 18.4. The number of fused-ring (bicyclic) bond motifs is 1. The average molecular weight is 444 g/mol. The number of nitrogens with zero attached hydrogens (tertiary/aromatic N) is 3. The van der Waals surface area contributed by atoms with E-state index < -0.39 is 0 Å². The molecule has 0 spiro atoms. The molecule has 0 aliphatic carbocycles. The second-order valence-electron chi connectivity index (χ2n) is 7.46. The van der Waals surface area contributed by atoms with E-state index in [0.29, 0.717) is 40.9 Å². The molecule has 0 aliphatic heterocycles.